The minimum absolute atomic E-state index is 0.0295. The molecule has 0 saturated heterocycles. The minimum atomic E-state index is -2.13. The van der Waals surface area contributed by atoms with Crippen molar-refractivity contribution in [1.82, 2.24) is 0 Å². The summed E-state index contributed by atoms with van der Waals surface area (Å²) in [4.78, 5) is 14.7. The second-order valence-corrected chi connectivity index (χ2v) is 8.34. The van der Waals surface area contributed by atoms with Crippen molar-refractivity contribution in [3.8, 4) is 11.5 Å². The number of nitrogens with zero attached hydrogens (tertiary/aromatic N) is 2. The van der Waals surface area contributed by atoms with Crippen molar-refractivity contribution in [3.05, 3.63) is 47.5 Å². The normalized spacial score (nSPS) is 13.2. The van der Waals surface area contributed by atoms with E-state index in [0.717, 1.165) is 22.5 Å². The maximum Gasteiger partial charge on any atom is 0.509 e. The molecule has 0 radical (unpaired) electrons. The predicted molar refractivity (Wildman–Crippen MR) is 109 cm³/mol. The highest BCUT2D eigenvalue weighted by Crippen LogP contribution is 2.50. The SMILES string of the molecule is CN(C)c1ccc2c(c1)Oc1cc(N(C)C)ccc1C2O[P+](=O)CCC(=O)O. The van der Waals surface area contributed by atoms with Gasteiger partial charge in [-0.1, -0.05) is 12.1 Å². The highest BCUT2D eigenvalue weighted by Gasteiger charge is 2.36. The van der Waals surface area contributed by atoms with Crippen LogP contribution in [0, 0.1) is 0 Å². The van der Waals surface area contributed by atoms with Crippen molar-refractivity contribution in [2.24, 2.45) is 0 Å². The molecule has 8 heteroatoms. The van der Waals surface area contributed by atoms with Gasteiger partial charge in [0.1, 0.15) is 11.5 Å². The van der Waals surface area contributed by atoms with Crippen LogP contribution in [-0.2, 0) is 13.9 Å². The van der Waals surface area contributed by atoms with Gasteiger partial charge in [0.05, 0.1) is 6.42 Å². The van der Waals surface area contributed by atoms with Crippen molar-refractivity contribution in [2.75, 3.05) is 44.2 Å². The highest BCUT2D eigenvalue weighted by molar-refractivity contribution is 7.39. The fourth-order valence-electron chi connectivity index (χ4n) is 2.97. The van der Waals surface area contributed by atoms with Gasteiger partial charge in [-0.2, -0.15) is 0 Å². The Morgan fingerprint density at radius 3 is 1.96 bits per heavy atom. The summed E-state index contributed by atoms with van der Waals surface area (Å²) in [5.74, 6) is 0.286. The van der Waals surface area contributed by atoms with Gasteiger partial charge in [0, 0.05) is 62.8 Å². The maximum absolute atomic E-state index is 12.4. The molecular formula is C20H24N2O5P+. The van der Waals surface area contributed by atoms with E-state index >= 15 is 0 Å². The van der Waals surface area contributed by atoms with Gasteiger partial charge in [-0.3, -0.25) is 4.79 Å². The molecule has 0 bridgehead atoms. The van der Waals surface area contributed by atoms with Gasteiger partial charge >= 0.3 is 14.0 Å². The van der Waals surface area contributed by atoms with Crippen LogP contribution >= 0.6 is 8.03 Å². The van der Waals surface area contributed by atoms with Gasteiger partial charge in [0.15, 0.2) is 12.3 Å². The molecule has 1 N–H and O–H groups in total. The summed E-state index contributed by atoms with van der Waals surface area (Å²) in [7, 11) is 5.64. The third kappa shape index (κ3) is 4.26. The van der Waals surface area contributed by atoms with E-state index < -0.39 is 20.1 Å². The first-order valence-corrected chi connectivity index (χ1v) is 10.3. The Balaban J connectivity index is 2.00. The van der Waals surface area contributed by atoms with E-state index in [2.05, 4.69) is 0 Å². The molecule has 0 saturated carbocycles. The third-order valence-corrected chi connectivity index (χ3v) is 5.58. The number of carboxylic acid groups (broad SMARTS) is 1. The summed E-state index contributed by atoms with van der Waals surface area (Å²) in [5, 5.41) is 8.84. The van der Waals surface area contributed by atoms with Crippen LogP contribution in [0.25, 0.3) is 0 Å². The fraction of sp³-hybridized carbons (Fsp3) is 0.350. The van der Waals surface area contributed by atoms with E-state index in [9.17, 15) is 9.36 Å². The molecule has 0 aromatic heterocycles. The monoisotopic (exact) mass is 403 g/mol. The molecule has 28 heavy (non-hydrogen) atoms. The van der Waals surface area contributed by atoms with Crippen LogP contribution in [0.5, 0.6) is 11.5 Å². The second-order valence-electron chi connectivity index (χ2n) is 7.02. The second kappa shape index (κ2) is 8.17. The molecule has 2 aromatic carbocycles. The predicted octanol–water partition coefficient (Wildman–Crippen LogP) is 4.25. The zero-order valence-electron chi connectivity index (χ0n) is 16.4. The van der Waals surface area contributed by atoms with Gasteiger partial charge in [0.25, 0.3) is 0 Å². The lowest BCUT2D eigenvalue weighted by Gasteiger charge is -2.27. The minimum Gasteiger partial charge on any atom is -0.481 e. The first-order valence-electron chi connectivity index (χ1n) is 8.90. The molecule has 7 nitrogen and oxygen atoms in total. The Kier molecular flexibility index (Phi) is 5.87. The summed E-state index contributed by atoms with van der Waals surface area (Å²) in [6.07, 6.45) is -0.807. The van der Waals surface area contributed by atoms with Crippen LogP contribution in [-0.4, -0.2) is 45.4 Å². The van der Waals surface area contributed by atoms with Crippen LogP contribution in [0.2, 0.25) is 0 Å². The first-order chi connectivity index (χ1) is 13.3. The zero-order chi connectivity index (χ0) is 20.4. The standard InChI is InChI=1S/C20H23N2O5P/c1-21(2)13-5-7-15-17(11-13)26-18-12-14(22(3)4)6-8-16(18)20(15)27-28(25)10-9-19(23)24/h5-8,11-12,20H,9-10H2,1-4H3/p+1. The summed E-state index contributed by atoms with van der Waals surface area (Å²) >= 11 is 0. The molecule has 3 rings (SSSR count). The van der Waals surface area contributed by atoms with Crippen molar-refractivity contribution < 1.29 is 23.7 Å². The average molecular weight is 403 g/mol. The molecule has 1 unspecified atom stereocenters. The highest BCUT2D eigenvalue weighted by atomic mass is 31.1. The van der Waals surface area contributed by atoms with Gasteiger partial charge in [-0.05, 0) is 16.7 Å². The van der Waals surface area contributed by atoms with Crippen LogP contribution in [0.15, 0.2) is 36.4 Å². The van der Waals surface area contributed by atoms with E-state index in [-0.39, 0.29) is 12.6 Å². The lowest BCUT2D eigenvalue weighted by molar-refractivity contribution is -0.136. The van der Waals surface area contributed by atoms with Crippen LogP contribution in [0.1, 0.15) is 23.7 Å². The molecule has 1 aliphatic heterocycles. The summed E-state index contributed by atoms with van der Waals surface area (Å²) in [6.45, 7) is 0. The molecule has 1 atom stereocenters. The molecule has 148 valence electrons. The van der Waals surface area contributed by atoms with Crippen molar-refractivity contribution in [1.29, 1.82) is 0 Å². The Labute approximate surface area is 165 Å². The Morgan fingerprint density at radius 2 is 1.54 bits per heavy atom. The summed E-state index contributed by atoms with van der Waals surface area (Å²) in [6, 6.07) is 11.5. The maximum atomic E-state index is 12.4. The molecule has 0 fully saturated rings. The smallest absolute Gasteiger partial charge is 0.481 e. The van der Waals surface area contributed by atoms with E-state index in [1.54, 1.807) is 0 Å². The molecule has 0 amide bonds. The molecule has 0 aliphatic carbocycles. The topological polar surface area (TPSA) is 79.3 Å². The van der Waals surface area contributed by atoms with Gasteiger partial charge in [-0.25, -0.2) is 0 Å². The fourth-order valence-corrected chi connectivity index (χ4v) is 3.91. The number of carboxylic acids is 1. The number of rotatable bonds is 7. The van der Waals surface area contributed by atoms with Crippen LogP contribution in [0.3, 0.4) is 0 Å². The number of fused-ring (bicyclic) bond motifs is 2. The zero-order valence-corrected chi connectivity index (χ0v) is 17.3. The van der Waals surface area contributed by atoms with Crippen molar-refractivity contribution in [2.45, 2.75) is 12.5 Å². The Hall–Kier alpha value is -2.63. The lowest BCUT2D eigenvalue weighted by atomic mass is 9.96. The van der Waals surface area contributed by atoms with Gasteiger partial charge < -0.3 is 19.6 Å². The number of hydrogen-bond acceptors (Lipinski definition) is 6. The first kappa shape index (κ1) is 20.1. The van der Waals surface area contributed by atoms with E-state index in [1.807, 2.05) is 74.4 Å². The number of hydrogen-bond donors (Lipinski definition) is 1. The summed E-state index contributed by atoms with van der Waals surface area (Å²) < 4.78 is 24.4. The number of anilines is 2. The van der Waals surface area contributed by atoms with E-state index in [4.69, 9.17) is 14.4 Å². The number of carbonyl (C=O) groups is 1. The molecule has 1 heterocycles. The summed E-state index contributed by atoms with van der Waals surface area (Å²) in [5.41, 5.74) is 3.49. The van der Waals surface area contributed by atoms with Gasteiger partial charge in [-0.15, -0.1) is 4.52 Å². The Morgan fingerprint density at radius 1 is 1.04 bits per heavy atom. The van der Waals surface area contributed by atoms with Crippen molar-refractivity contribution >= 4 is 25.4 Å². The molecule has 1 aliphatic rings. The van der Waals surface area contributed by atoms with Crippen LogP contribution < -0.4 is 14.5 Å². The molecule has 0 spiro atoms. The van der Waals surface area contributed by atoms with Crippen molar-refractivity contribution in [3.63, 3.8) is 0 Å². The lowest BCUT2D eigenvalue weighted by Crippen LogP contribution is -2.15. The Bertz CT molecular complexity index is 856. The quantitative estimate of drug-likeness (QED) is 0.693. The number of ether oxygens (including phenoxy) is 1. The molecule has 2 aromatic rings. The van der Waals surface area contributed by atoms with E-state index in [0.29, 0.717) is 11.5 Å². The van der Waals surface area contributed by atoms with Crippen LogP contribution in [0.4, 0.5) is 11.4 Å². The third-order valence-electron chi connectivity index (χ3n) is 4.54. The average Bonchev–Trinajstić information content (AvgIpc) is 2.65. The largest absolute Gasteiger partial charge is 0.509 e. The van der Waals surface area contributed by atoms with Gasteiger partial charge in [0.2, 0.25) is 0 Å². The molecular weight excluding hydrogens is 379 g/mol. The number of aliphatic carboxylic acids is 1. The number of benzene rings is 2. The van der Waals surface area contributed by atoms with E-state index in [1.165, 1.54) is 0 Å².